The van der Waals surface area contributed by atoms with E-state index in [0.29, 0.717) is 49.8 Å². The monoisotopic (exact) mass is 296 g/mol. The molecule has 7 heteroatoms. The zero-order chi connectivity index (χ0) is 14.5. The van der Waals surface area contributed by atoms with Crippen LogP contribution in [0.3, 0.4) is 0 Å². The molecular weight excluding hydrogens is 276 g/mol. The van der Waals surface area contributed by atoms with Gasteiger partial charge in [-0.05, 0) is 18.4 Å². The Kier molecular flexibility index (Phi) is 4.97. The third kappa shape index (κ3) is 3.49. The minimum atomic E-state index is -0.00448. The lowest BCUT2D eigenvalue weighted by Crippen LogP contribution is -2.51. The number of hydrogen-bond acceptors (Lipinski definition) is 5. The minimum Gasteiger partial charge on any atom is -0.397 e. The van der Waals surface area contributed by atoms with Crippen LogP contribution in [-0.4, -0.2) is 60.9 Å². The molecule has 0 aliphatic carbocycles. The number of thiophene rings is 1. The van der Waals surface area contributed by atoms with Gasteiger partial charge in [0.1, 0.15) is 4.88 Å². The van der Waals surface area contributed by atoms with Crippen LogP contribution in [0.25, 0.3) is 0 Å². The Balaban J connectivity index is 1.84. The van der Waals surface area contributed by atoms with Gasteiger partial charge in [0.2, 0.25) is 5.91 Å². The fourth-order valence-electron chi connectivity index (χ4n) is 2.20. The Morgan fingerprint density at radius 3 is 2.60 bits per heavy atom. The Morgan fingerprint density at radius 2 is 2.05 bits per heavy atom. The number of nitrogens with one attached hydrogen (secondary N) is 1. The first-order chi connectivity index (χ1) is 9.61. The van der Waals surface area contributed by atoms with E-state index in [-0.39, 0.29) is 11.8 Å². The van der Waals surface area contributed by atoms with Crippen molar-refractivity contribution < 1.29 is 9.59 Å². The second kappa shape index (κ2) is 6.71. The molecule has 1 aliphatic rings. The molecule has 110 valence electrons. The highest BCUT2D eigenvalue weighted by Crippen LogP contribution is 2.21. The van der Waals surface area contributed by atoms with Crippen LogP contribution >= 0.6 is 11.3 Å². The fraction of sp³-hybridized carbons (Fsp3) is 0.538. The zero-order valence-electron chi connectivity index (χ0n) is 11.6. The van der Waals surface area contributed by atoms with Crippen molar-refractivity contribution in [3.63, 3.8) is 0 Å². The van der Waals surface area contributed by atoms with Crippen molar-refractivity contribution in [2.75, 3.05) is 45.0 Å². The SMILES string of the molecule is CCNC(=O)CN1CCN(C(=O)c2sccc2N)CC1. The molecule has 0 spiro atoms. The van der Waals surface area contributed by atoms with Crippen LogP contribution in [0.1, 0.15) is 16.6 Å². The van der Waals surface area contributed by atoms with Crippen LogP contribution in [0.4, 0.5) is 5.69 Å². The van der Waals surface area contributed by atoms with Crippen LogP contribution in [0.2, 0.25) is 0 Å². The summed E-state index contributed by atoms with van der Waals surface area (Å²) in [6, 6.07) is 1.75. The number of hydrogen-bond donors (Lipinski definition) is 2. The minimum absolute atomic E-state index is 0.00448. The van der Waals surface area contributed by atoms with Crippen molar-refractivity contribution in [2.24, 2.45) is 0 Å². The van der Waals surface area contributed by atoms with Gasteiger partial charge in [0, 0.05) is 32.7 Å². The number of anilines is 1. The number of piperazine rings is 1. The summed E-state index contributed by atoms with van der Waals surface area (Å²) in [5.41, 5.74) is 6.32. The van der Waals surface area contributed by atoms with Gasteiger partial charge < -0.3 is 16.0 Å². The summed E-state index contributed by atoms with van der Waals surface area (Å²) >= 11 is 1.38. The average molecular weight is 296 g/mol. The quantitative estimate of drug-likeness (QED) is 0.833. The van der Waals surface area contributed by atoms with Crippen LogP contribution in [0.15, 0.2) is 11.4 Å². The highest BCUT2D eigenvalue weighted by molar-refractivity contribution is 7.12. The largest absolute Gasteiger partial charge is 0.397 e. The van der Waals surface area contributed by atoms with E-state index in [0.717, 1.165) is 0 Å². The van der Waals surface area contributed by atoms with Crippen molar-refractivity contribution in [3.05, 3.63) is 16.3 Å². The van der Waals surface area contributed by atoms with E-state index in [1.807, 2.05) is 12.3 Å². The average Bonchev–Trinajstić information content (AvgIpc) is 2.85. The Labute approximate surface area is 122 Å². The number of nitrogens with zero attached hydrogens (tertiary/aromatic N) is 2. The number of carbonyl (C=O) groups is 2. The van der Waals surface area contributed by atoms with E-state index in [1.165, 1.54) is 11.3 Å². The lowest BCUT2D eigenvalue weighted by molar-refractivity contribution is -0.122. The highest BCUT2D eigenvalue weighted by Gasteiger charge is 2.24. The molecule has 3 N–H and O–H groups in total. The predicted octanol–water partition coefficient (Wildman–Crippen LogP) is 0.224. The highest BCUT2D eigenvalue weighted by atomic mass is 32.1. The molecule has 1 saturated heterocycles. The molecule has 0 aromatic carbocycles. The Morgan fingerprint density at radius 1 is 1.35 bits per heavy atom. The maximum atomic E-state index is 12.3. The van der Waals surface area contributed by atoms with Crippen molar-refractivity contribution in [3.8, 4) is 0 Å². The smallest absolute Gasteiger partial charge is 0.266 e. The maximum Gasteiger partial charge on any atom is 0.266 e. The molecule has 1 fully saturated rings. The van der Waals surface area contributed by atoms with Gasteiger partial charge in [-0.1, -0.05) is 0 Å². The fourth-order valence-corrected chi connectivity index (χ4v) is 2.99. The molecule has 0 atom stereocenters. The van der Waals surface area contributed by atoms with Crippen LogP contribution in [0.5, 0.6) is 0 Å². The Hall–Kier alpha value is -1.60. The van der Waals surface area contributed by atoms with Gasteiger partial charge >= 0.3 is 0 Å². The van der Waals surface area contributed by atoms with Gasteiger partial charge in [-0.3, -0.25) is 14.5 Å². The van der Waals surface area contributed by atoms with E-state index in [1.54, 1.807) is 11.0 Å². The molecule has 20 heavy (non-hydrogen) atoms. The van der Waals surface area contributed by atoms with E-state index in [4.69, 9.17) is 5.73 Å². The van der Waals surface area contributed by atoms with Gasteiger partial charge in [-0.2, -0.15) is 0 Å². The number of nitrogen functional groups attached to an aromatic ring is 1. The summed E-state index contributed by atoms with van der Waals surface area (Å²) in [5, 5.41) is 4.61. The van der Waals surface area contributed by atoms with Crippen molar-refractivity contribution in [2.45, 2.75) is 6.92 Å². The summed E-state index contributed by atoms with van der Waals surface area (Å²) in [5.74, 6) is 0.0323. The van der Waals surface area contributed by atoms with Gasteiger partial charge in [-0.15, -0.1) is 11.3 Å². The molecule has 0 radical (unpaired) electrons. The van der Waals surface area contributed by atoms with Crippen LogP contribution in [-0.2, 0) is 4.79 Å². The lowest BCUT2D eigenvalue weighted by Gasteiger charge is -2.34. The third-order valence-corrected chi connectivity index (χ3v) is 4.21. The predicted molar refractivity (Wildman–Crippen MR) is 79.8 cm³/mol. The third-order valence-electron chi connectivity index (χ3n) is 3.29. The first-order valence-electron chi connectivity index (χ1n) is 6.73. The van der Waals surface area contributed by atoms with Gasteiger partial charge in [0.05, 0.1) is 12.2 Å². The van der Waals surface area contributed by atoms with Gasteiger partial charge in [-0.25, -0.2) is 0 Å². The van der Waals surface area contributed by atoms with Crippen LogP contribution < -0.4 is 11.1 Å². The second-order valence-electron chi connectivity index (χ2n) is 4.73. The summed E-state index contributed by atoms with van der Waals surface area (Å²) in [6.45, 7) is 5.65. The van der Waals surface area contributed by atoms with Gasteiger partial charge in [0.25, 0.3) is 5.91 Å². The first kappa shape index (κ1) is 14.8. The first-order valence-corrected chi connectivity index (χ1v) is 7.61. The normalized spacial score (nSPS) is 16.1. The summed E-state index contributed by atoms with van der Waals surface area (Å²) in [6.07, 6.45) is 0. The molecular formula is C13H20N4O2S. The van der Waals surface area contributed by atoms with E-state index < -0.39 is 0 Å². The molecule has 0 saturated carbocycles. The number of carbonyl (C=O) groups excluding carboxylic acids is 2. The van der Waals surface area contributed by atoms with E-state index in [2.05, 4.69) is 10.2 Å². The maximum absolute atomic E-state index is 12.3. The second-order valence-corrected chi connectivity index (χ2v) is 5.64. The number of likely N-dealkylation sites (N-methyl/N-ethyl adjacent to an activating group) is 1. The number of amides is 2. The molecule has 0 unspecified atom stereocenters. The standard InChI is InChI=1S/C13H20N4O2S/c1-2-15-11(18)9-16-4-6-17(7-5-16)13(19)12-10(14)3-8-20-12/h3,8H,2,4-7,9,14H2,1H3,(H,15,18). The molecule has 0 bridgehead atoms. The van der Waals surface area contributed by atoms with E-state index in [9.17, 15) is 9.59 Å². The number of rotatable bonds is 4. The molecule has 6 nitrogen and oxygen atoms in total. The molecule has 1 aromatic heterocycles. The van der Waals surface area contributed by atoms with Gasteiger partial charge in [0.15, 0.2) is 0 Å². The van der Waals surface area contributed by atoms with Crippen molar-refractivity contribution in [1.29, 1.82) is 0 Å². The van der Waals surface area contributed by atoms with E-state index >= 15 is 0 Å². The summed E-state index contributed by atoms with van der Waals surface area (Å²) in [4.78, 5) is 28.3. The summed E-state index contributed by atoms with van der Waals surface area (Å²) < 4.78 is 0. The molecule has 1 aromatic rings. The summed E-state index contributed by atoms with van der Waals surface area (Å²) in [7, 11) is 0. The molecule has 2 amide bonds. The molecule has 2 heterocycles. The topological polar surface area (TPSA) is 78.7 Å². The zero-order valence-corrected chi connectivity index (χ0v) is 12.4. The lowest BCUT2D eigenvalue weighted by atomic mass is 10.2. The molecule has 2 rings (SSSR count). The Bertz CT molecular complexity index is 480. The molecule has 1 aliphatic heterocycles. The van der Waals surface area contributed by atoms with Crippen molar-refractivity contribution >= 4 is 28.8 Å². The van der Waals surface area contributed by atoms with Crippen molar-refractivity contribution in [1.82, 2.24) is 15.1 Å². The van der Waals surface area contributed by atoms with Crippen LogP contribution in [0, 0.1) is 0 Å². The number of nitrogens with two attached hydrogens (primary N) is 1.